The standard InChI is InChI=1S/C17H28N2OS/c1-15-5-12-21-16(15)13-18-14-17(6-10-20-11-7-17)19-8-3-2-4-9-19/h5,12,18H,2-4,6-11,13-14H2,1H3. The van der Waals surface area contributed by atoms with Crippen molar-refractivity contribution in [2.45, 2.75) is 51.1 Å². The zero-order valence-corrected chi connectivity index (χ0v) is 14.0. The predicted octanol–water partition coefficient (Wildman–Crippen LogP) is 3.18. The highest BCUT2D eigenvalue weighted by Crippen LogP contribution is 2.30. The molecule has 21 heavy (non-hydrogen) atoms. The SMILES string of the molecule is Cc1ccsc1CNCC1(N2CCCCC2)CCOCC1. The van der Waals surface area contributed by atoms with Crippen molar-refractivity contribution in [3.63, 3.8) is 0 Å². The summed E-state index contributed by atoms with van der Waals surface area (Å²) < 4.78 is 5.63. The van der Waals surface area contributed by atoms with Gasteiger partial charge in [0.15, 0.2) is 0 Å². The first kappa shape index (κ1) is 15.5. The Balaban J connectivity index is 1.60. The maximum atomic E-state index is 5.63. The summed E-state index contributed by atoms with van der Waals surface area (Å²) in [4.78, 5) is 4.24. The molecule has 1 N–H and O–H groups in total. The largest absolute Gasteiger partial charge is 0.381 e. The average Bonchev–Trinajstić information content (AvgIpc) is 2.95. The molecule has 0 amide bonds. The molecule has 0 radical (unpaired) electrons. The van der Waals surface area contributed by atoms with Gasteiger partial charge in [-0.05, 0) is 62.7 Å². The van der Waals surface area contributed by atoms with Gasteiger partial charge in [-0.2, -0.15) is 0 Å². The van der Waals surface area contributed by atoms with Gasteiger partial charge < -0.3 is 10.1 Å². The molecule has 3 heterocycles. The lowest BCUT2D eigenvalue weighted by Crippen LogP contribution is -2.59. The maximum absolute atomic E-state index is 5.63. The van der Waals surface area contributed by atoms with E-state index in [0.29, 0.717) is 5.54 Å². The third-order valence-electron chi connectivity index (χ3n) is 5.16. The van der Waals surface area contributed by atoms with E-state index in [2.05, 4.69) is 28.6 Å². The van der Waals surface area contributed by atoms with E-state index in [9.17, 15) is 0 Å². The third-order valence-corrected chi connectivity index (χ3v) is 6.18. The van der Waals surface area contributed by atoms with Gasteiger partial charge >= 0.3 is 0 Å². The predicted molar refractivity (Wildman–Crippen MR) is 89.0 cm³/mol. The van der Waals surface area contributed by atoms with Gasteiger partial charge in [-0.3, -0.25) is 4.90 Å². The van der Waals surface area contributed by atoms with E-state index in [0.717, 1.165) is 26.3 Å². The summed E-state index contributed by atoms with van der Waals surface area (Å²) in [7, 11) is 0. The smallest absolute Gasteiger partial charge is 0.0484 e. The minimum absolute atomic E-state index is 0.337. The van der Waals surface area contributed by atoms with E-state index in [4.69, 9.17) is 4.74 Å². The molecule has 4 heteroatoms. The molecule has 0 bridgehead atoms. The first-order valence-corrected chi connectivity index (χ1v) is 9.25. The number of piperidine rings is 1. The second-order valence-corrected chi connectivity index (χ2v) is 7.52. The lowest BCUT2D eigenvalue weighted by Gasteiger charge is -2.48. The van der Waals surface area contributed by atoms with Crippen LogP contribution < -0.4 is 5.32 Å². The molecule has 0 aliphatic carbocycles. The van der Waals surface area contributed by atoms with Gasteiger partial charge in [-0.25, -0.2) is 0 Å². The average molecular weight is 308 g/mol. The van der Waals surface area contributed by atoms with Crippen LogP contribution in [0.2, 0.25) is 0 Å². The number of thiophene rings is 1. The van der Waals surface area contributed by atoms with Crippen LogP contribution in [0.5, 0.6) is 0 Å². The van der Waals surface area contributed by atoms with E-state index in [1.807, 2.05) is 11.3 Å². The fourth-order valence-electron chi connectivity index (χ4n) is 3.72. The normalized spacial score (nSPS) is 23.3. The van der Waals surface area contributed by atoms with E-state index >= 15 is 0 Å². The fraction of sp³-hybridized carbons (Fsp3) is 0.765. The van der Waals surface area contributed by atoms with Crippen molar-refractivity contribution in [2.75, 3.05) is 32.8 Å². The Labute approximate surface area is 132 Å². The number of rotatable bonds is 5. The van der Waals surface area contributed by atoms with E-state index in [1.54, 1.807) is 0 Å². The number of aryl methyl sites for hydroxylation is 1. The molecule has 1 aromatic rings. The van der Waals surface area contributed by atoms with Crippen molar-refractivity contribution >= 4 is 11.3 Å². The van der Waals surface area contributed by atoms with E-state index in [1.165, 1.54) is 55.6 Å². The molecule has 0 atom stereocenters. The molecule has 2 aliphatic rings. The van der Waals surface area contributed by atoms with Gasteiger partial charge in [0.25, 0.3) is 0 Å². The highest BCUT2D eigenvalue weighted by Gasteiger charge is 2.38. The Hall–Kier alpha value is -0.420. The minimum Gasteiger partial charge on any atom is -0.381 e. The molecule has 118 valence electrons. The van der Waals surface area contributed by atoms with Gasteiger partial charge in [-0.15, -0.1) is 11.3 Å². The zero-order chi connectivity index (χ0) is 14.5. The molecule has 0 aromatic carbocycles. The van der Waals surface area contributed by atoms with Crippen LogP contribution in [0, 0.1) is 6.92 Å². The van der Waals surface area contributed by atoms with Crippen molar-refractivity contribution in [1.29, 1.82) is 0 Å². The Bertz CT molecular complexity index is 434. The second kappa shape index (κ2) is 7.23. The van der Waals surface area contributed by atoms with Gasteiger partial charge in [0.2, 0.25) is 0 Å². The van der Waals surface area contributed by atoms with Crippen LogP contribution >= 0.6 is 11.3 Å². The topological polar surface area (TPSA) is 24.5 Å². The lowest BCUT2D eigenvalue weighted by molar-refractivity contribution is -0.0357. The number of hydrogen-bond donors (Lipinski definition) is 1. The summed E-state index contributed by atoms with van der Waals surface area (Å²) in [5.41, 5.74) is 1.76. The second-order valence-electron chi connectivity index (χ2n) is 6.51. The van der Waals surface area contributed by atoms with E-state index in [-0.39, 0.29) is 0 Å². The number of nitrogens with one attached hydrogen (secondary N) is 1. The molecule has 2 fully saturated rings. The van der Waals surface area contributed by atoms with Crippen molar-refractivity contribution in [2.24, 2.45) is 0 Å². The first-order valence-electron chi connectivity index (χ1n) is 8.37. The Morgan fingerprint density at radius 1 is 1.24 bits per heavy atom. The number of nitrogens with zero attached hydrogens (tertiary/aromatic N) is 1. The van der Waals surface area contributed by atoms with Crippen molar-refractivity contribution in [1.82, 2.24) is 10.2 Å². The molecular formula is C17H28N2OS. The van der Waals surface area contributed by atoms with Crippen molar-refractivity contribution in [3.8, 4) is 0 Å². The van der Waals surface area contributed by atoms with Crippen LogP contribution in [0.15, 0.2) is 11.4 Å². The van der Waals surface area contributed by atoms with Crippen LogP contribution in [0.4, 0.5) is 0 Å². The van der Waals surface area contributed by atoms with Crippen LogP contribution in [0.1, 0.15) is 42.5 Å². The summed E-state index contributed by atoms with van der Waals surface area (Å²) in [5, 5.41) is 5.95. The van der Waals surface area contributed by atoms with Gasteiger partial charge in [0.1, 0.15) is 0 Å². The Morgan fingerprint density at radius 3 is 2.67 bits per heavy atom. The third kappa shape index (κ3) is 3.67. The summed E-state index contributed by atoms with van der Waals surface area (Å²) in [6, 6.07) is 2.22. The van der Waals surface area contributed by atoms with Crippen LogP contribution in [0.3, 0.4) is 0 Å². The molecule has 2 saturated heterocycles. The van der Waals surface area contributed by atoms with Crippen molar-refractivity contribution < 1.29 is 4.74 Å². The summed E-state index contributed by atoms with van der Waals surface area (Å²) >= 11 is 1.87. The van der Waals surface area contributed by atoms with Crippen molar-refractivity contribution in [3.05, 3.63) is 21.9 Å². The molecule has 3 rings (SSSR count). The molecule has 3 nitrogen and oxygen atoms in total. The van der Waals surface area contributed by atoms with E-state index < -0.39 is 0 Å². The number of ether oxygens (including phenoxy) is 1. The monoisotopic (exact) mass is 308 g/mol. The van der Waals surface area contributed by atoms with Gasteiger partial charge in [-0.1, -0.05) is 6.42 Å². The molecule has 1 aromatic heterocycles. The molecule has 0 unspecified atom stereocenters. The highest BCUT2D eigenvalue weighted by atomic mass is 32.1. The highest BCUT2D eigenvalue weighted by molar-refractivity contribution is 7.10. The van der Waals surface area contributed by atoms with Gasteiger partial charge in [0, 0.05) is 36.7 Å². The quantitative estimate of drug-likeness (QED) is 0.904. The number of hydrogen-bond acceptors (Lipinski definition) is 4. The summed E-state index contributed by atoms with van der Waals surface area (Å²) in [5.74, 6) is 0. The van der Waals surface area contributed by atoms with Gasteiger partial charge in [0.05, 0.1) is 0 Å². The lowest BCUT2D eigenvalue weighted by atomic mass is 9.86. The molecular weight excluding hydrogens is 280 g/mol. The Kier molecular flexibility index (Phi) is 5.33. The van der Waals surface area contributed by atoms with Crippen LogP contribution in [0.25, 0.3) is 0 Å². The van der Waals surface area contributed by atoms with Crippen LogP contribution in [-0.2, 0) is 11.3 Å². The zero-order valence-electron chi connectivity index (χ0n) is 13.2. The molecule has 2 aliphatic heterocycles. The molecule has 0 saturated carbocycles. The Morgan fingerprint density at radius 2 is 2.00 bits per heavy atom. The molecule has 0 spiro atoms. The van der Waals surface area contributed by atoms with Crippen LogP contribution in [-0.4, -0.2) is 43.3 Å². The maximum Gasteiger partial charge on any atom is 0.0484 e. The summed E-state index contributed by atoms with van der Waals surface area (Å²) in [6.45, 7) is 8.74. The first-order chi connectivity index (χ1) is 10.3. The number of likely N-dealkylation sites (tertiary alicyclic amines) is 1. The fourth-order valence-corrected chi connectivity index (χ4v) is 4.59. The summed E-state index contributed by atoms with van der Waals surface area (Å²) in [6.07, 6.45) is 6.51. The minimum atomic E-state index is 0.337.